The highest BCUT2D eigenvalue weighted by Crippen LogP contribution is 2.36. The van der Waals surface area contributed by atoms with Crippen molar-refractivity contribution in [3.05, 3.63) is 64.6 Å². The van der Waals surface area contributed by atoms with Crippen molar-refractivity contribution in [2.24, 2.45) is 0 Å². The van der Waals surface area contributed by atoms with Gasteiger partial charge in [0.15, 0.2) is 4.32 Å². The van der Waals surface area contributed by atoms with E-state index in [1.54, 1.807) is 24.3 Å². The number of anilines is 1. The van der Waals surface area contributed by atoms with Gasteiger partial charge in [0.05, 0.1) is 16.2 Å². The highest BCUT2D eigenvalue weighted by molar-refractivity contribution is 8.27. The number of para-hydroxylation sites is 1. The van der Waals surface area contributed by atoms with E-state index in [4.69, 9.17) is 17.3 Å². The number of hydrogen-bond acceptors (Lipinski definition) is 5. The van der Waals surface area contributed by atoms with Crippen LogP contribution in [-0.4, -0.2) is 26.4 Å². The van der Waals surface area contributed by atoms with E-state index in [1.807, 2.05) is 0 Å². The van der Waals surface area contributed by atoms with Gasteiger partial charge < -0.3 is 10.2 Å². The lowest BCUT2D eigenvalue weighted by Gasteiger charge is -2.14. The van der Waals surface area contributed by atoms with Crippen LogP contribution in [0.5, 0.6) is 5.75 Å². The third kappa shape index (κ3) is 3.04. The molecule has 24 heavy (non-hydrogen) atoms. The fraction of sp³-hybridized carbons (Fsp3) is 0. The fourth-order valence-corrected chi connectivity index (χ4v) is 3.48. The SMILES string of the molecule is O=C(O)c1ccc(N2C(=O)/C(=C/c3ccccc3O)SC2=S)cc1. The van der Waals surface area contributed by atoms with E-state index in [2.05, 4.69) is 0 Å². The summed E-state index contributed by atoms with van der Waals surface area (Å²) in [5.41, 5.74) is 1.16. The standard InChI is InChI=1S/C17H11NO4S2/c19-13-4-2-1-3-11(13)9-14-15(20)18(17(23)24-14)12-7-5-10(6-8-12)16(21)22/h1-9,19H,(H,21,22)/b14-9-. The van der Waals surface area contributed by atoms with Crippen LogP contribution < -0.4 is 4.90 Å². The molecule has 1 aliphatic heterocycles. The number of carbonyl (C=O) groups is 2. The van der Waals surface area contributed by atoms with E-state index >= 15 is 0 Å². The number of carbonyl (C=O) groups excluding carboxylic acids is 1. The molecule has 120 valence electrons. The molecule has 0 spiro atoms. The lowest BCUT2D eigenvalue weighted by molar-refractivity contribution is -0.113. The zero-order valence-corrected chi connectivity index (χ0v) is 13.8. The van der Waals surface area contributed by atoms with Gasteiger partial charge in [-0.15, -0.1) is 0 Å². The van der Waals surface area contributed by atoms with E-state index in [-0.39, 0.29) is 17.2 Å². The lowest BCUT2D eigenvalue weighted by atomic mass is 10.1. The Morgan fingerprint density at radius 3 is 2.42 bits per heavy atom. The summed E-state index contributed by atoms with van der Waals surface area (Å²) in [6, 6.07) is 12.6. The van der Waals surface area contributed by atoms with Gasteiger partial charge in [0.2, 0.25) is 0 Å². The van der Waals surface area contributed by atoms with Crippen LogP contribution in [0.1, 0.15) is 15.9 Å². The lowest BCUT2D eigenvalue weighted by Crippen LogP contribution is -2.27. The van der Waals surface area contributed by atoms with E-state index in [1.165, 1.54) is 35.2 Å². The van der Waals surface area contributed by atoms with Crippen LogP contribution in [0.15, 0.2) is 53.4 Å². The number of aromatic hydroxyl groups is 1. The van der Waals surface area contributed by atoms with Crippen molar-refractivity contribution in [3.8, 4) is 5.75 Å². The highest BCUT2D eigenvalue weighted by Gasteiger charge is 2.33. The smallest absolute Gasteiger partial charge is 0.335 e. The first-order valence-corrected chi connectivity index (χ1v) is 8.09. The molecule has 2 N–H and O–H groups in total. The molecule has 0 aromatic heterocycles. The number of carboxylic acid groups (broad SMARTS) is 1. The van der Waals surface area contributed by atoms with E-state index in [9.17, 15) is 14.7 Å². The number of phenolic OH excluding ortho intramolecular Hbond substituents is 1. The van der Waals surface area contributed by atoms with Gasteiger partial charge in [0, 0.05) is 5.56 Å². The second-order valence-corrected chi connectivity index (χ2v) is 6.60. The second-order valence-electron chi connectivity index (χ2n) is 4.93. The first kappa shape index (κ1) is 16.2. The summed E-state index contributed by atoms with van der Waals surface area (Å²) < 4.78 is 0.352. The molecule has 1 heterocycles. The molecule has 0 saturated carbocycles. The minimum Gasteiger partial charge on any atom is -0.507 e. The summed E-state index contributed by atoms with van der Waals surface area (Å²) in [7, 11) is 0. The second kappa shape index (κ2) is 6.46. The minimum atomic E-state index is -1.04. The van der Waals surface area contributed by atoms with Crippen molar-refractivity contribution < 1.29 is 19.8 Å². The Balaban J connectivity index is 1.92. The summed E-state index contributed by atoms with van der Waals surface area (Å²) in [6.07, 6.45) is 1.58. The molecular formula is C17H11NO4S2. The topological polar surface area (TPSA) is 77.8 Å². The highest BCUT2D eigenvalue weighted by atomic mass is 32.2. The van der Waals surface area contributed by atoms with Crippen molar-refractivity contribution in [1.82, 2.24) is 0 Å². The number of nitrogens with zero attached hydrogens (tertiary/aromatic N) is 1. The van der Waals surface area contributed by atoms with Crippen LogP contribution in [0.2, 0.25) is 0 Å². The molecule has 1 saturated heterocycles. The molecule has 3 rings (SSSR count). The number of benzene rings is 2. The first-order valence-electron chi connectivity index (χ1n) is 6.86. The van der Waals surface area contributed by atoms with Crippen LogP contribution in [0.25, 0.3) is 6.08 Å². The summed E-state index contributed by atoms with van der Waals surface area (Å²) in [5.74, 6) is -1.27. The summed E-state index contributed by atoms with van der Waals surface area (Å²) in [4.78, 5) is 25.2. The normalized spacial score (nSPS) is 16.0. The molecule has 7 heteroatoms. The van der Waals surface area contributed by atoms with Crippen LogP contribution >= 0.6 is 24.0 Å². The average molecular weight is 357 g/mol. The van der Waals surface area contributed by atoms with Gasteiger partial charge in [-0.3, -0.25) is 9.69 Å². The van der Waals surface area contributed by atoms with Crippen molar-refractivity contribution in [2.45, 2.75) is 0 Å². The van der Waals surface area contributed by atoms with E-state index in [0.29, 0.717) is 20.5 Å². The Morgan fingerprint density at radius 1 is 1.12 bits per heavy atom. The Morgan fingerprint density at radius 2 is 1.79 bits per heavy atom. The van der Waals surface area contributed by atoms with E-state index < -0.39 is 5.97 Å². The van der Waals surface area contributed by atoms with Crippen molar-refractivity contribution in [3.63, 3.8) is 0 Å². The van der Waals surface area contributed by atoms with Gasteiger partial charge in [-0.05, 0) is 36.4 Å². The predicted molar refractivity (Wildman–Crippen MR) is 97.2 cm³/mol. The number of hydrogen-bond donors (Lipinski definition) is 2. The molecule has 0 atom stereocenters. The maximum atomic E-state index is 12.6. The number of aromatic carboxylic acids is 1. The molecule has 0 unspecified atom stereocenters. The molecule has 0 aliphatic carbocycles. The first-order chi connectivity index (χ1) is 11.5. The third-order valence-corrected chi connectivity index (χ3v) is 4.69. The number of thioether (sulfide) groups is 1. The van der Waals surface area contributed by atoms with Gasteiger partial charge in [-0.2, -0.15) is 0 Å². The number of carboxylic acids is 1. The molecule has 2 aromatic rings. The predicted octanol–water partition coefficient (Wildman–Crippen LogP) is 3.50. The number of rotatable bonds is 3. The Hall–Kier alpha value is -2.64. The summed E-state index contributed by atoms with van der Waals surface area (Å²) >= 11 is 6.39. The zero-order valence-electron chi connectivity index (χ0n) is 12.2. The van der Waals surface area contributed by atoms with Gasteiger partial charge in [-0.25, -0.2) is 4.79 Å². The quantitative estimate of drug-likeness (QED) is 0.647. The number of phenols is 1. The molecule has 1 aliphatic rings. The monoisotopic (exact) mass is 357 g/mol. The number of amides is 1. The van der Waals surface area contributed by atoms with Crippen LogP contribution in [-0.2, 0) is 4.79 Å². The van der Waals surface area contributed by atoms with Crippen LogP contribution in [0.4, 0.5) is 5.69 Å². The number of thiocarbonyl (C=S) groups is 1. The van der Waals surface area contributed by atoms with E-state index in [0.717, 1.165) is 11.8 Å². The molecule has 1 fully saturated rings. The average Bonchev–Trinajstić information content (AvgIpc) is 2.84. The molecular weight excluding hydrogens is 346 g/mol. The maximum Gasteiger partial charge on any atom is 0.335 e. The summed E-state index contributed by atoms with van der Waals surface area (Å²) in [6.45, 7) is 0. The molecule has 2 aromatic carbocycles. The summed E-state index contributed by atoms with van der Waals surface area (Å²) in [5, 5.41) is 18.8. The zero-order chi connectivity index (χ0) is 17.3. The molecule has 1 amide bonds. The van der Waals surface area contributed by atoms with Gasteiger partial charge in [0.1, 0.15) is 5.75 Å². The largest absolute Gasteiger partial charge is 0.507 e. The minimum absolute atomic E-state index is 0.0774. The Bertz CT molecular complexity index is 874. The van der Waals surface area contributed by atoms with Gasteiger partial charge in [-0.1, -0.05) is 42.2 Å². The van der Waals surface area contributed by atoms with Crippen molar-refractivity contribution in [2.75, 3.05) is 4.90 Å². The molecule has 0 bridgehead atoms. The maximum absolute atomic E-state index is 12.6. The van der Waals surface area contributed by atoms with Crippen molar-refractivity contribution in [1.29, 1.82) is 0 Å². The fourth-order valence-electron chi connectivity index (χ4n) is 2.19. The third-order valence-electron chi connectivity index (χ3n) is 3.39. The van der Waals surface area contributed by atoms with Crippen LogP contribution in [0.3, 0.4) is 0 Å². The Kier molecular flexibility index (Phi) is 4.37. The molecule has 5 nitrogen and oxygen atoms in total. The van der Waals surface area contributed by atoms with Gasteiger partial charge >= 0.3 is 5.97 Å². The van der Waals surface area contributed by atoms with Crippen molar-refractivity contribution >= 4 is 51.9 Å². The van der Waals surface area contributed by atoms with Gasteiger partial charge in [0.25, 0.3) is 5.91 Å². The van der Waals surface area contributed by atoms with Crippen LogP contribution in [0, 0.1) is 0 Å². The Labute approximate surface area is 147 Å². The molecule has 0 radical (unpaired) electrons.